The number of nitrogens with one attached hydrogen (secondary N) is 1. The largest absolute Gasteiger partial charge is 0.381 e. The van der Waals surface area contributed by atoms with Crippen LogP contribution in [0.3, 0.4) is 0 Å². The van der Waals surface area contributed by atoms with Gasteiger partial charge in [-0.2, -0.15) is 0 Å². The van der Waals surface area contributed by atoms with E-state index < -0.39 is 5.41 Å². The number of methoxy groups -OCH3 is 1. The SMILES string of the molecule is COC1CCC(NCC(C)(C)C(N)=O)CC1. The van der Waals surface area contributed by atoms with Gasteiger partial charge in [0, 0.05) is 19.7 Å². The molecule has 1 aliphatic carbocycles. The van der Waals surface area contributed by atoms with Crippen LogP contribution in [0.5, 0.6) is 0 Å². The Bertz CT molecular complexity index is 233. The summed E-state index contributed by atoms with van der Waals surface area (Å²) < 4.78 is 5.32. The molecule has 0 aromatic heterocycles. The van der Waals surface area contributed by atoms with Crippen molar-refractivity contribution in [2.24, 2.45) is 11.1 Å². The summed E-state index contributed by atoms with van der Waals surface area (Å²) in [6, 6.07) is 0.505. The Balaban J connectivity index is 2.27. The van der Waals surface area contributed by atoms with Crippen LogP contribution in [-0.4, -0.2) is 31.7 Å². The normalized spacial score (nSPS) is 26.7. The highest BCUT2D eigenvalue weighted by Gasteiger charge is 2.27. The Morgan fingerprint density at radius 3 is 2.38 bits per heavy atom. The van der Waals surface area contributed by atoms with Crippen LogP contribution in [0.15, 0.2) is 0 Å². The Morgan fingerprint density at radius 1 is 1.38 bits per heavy atom. The van der Waals surface area contributed by atoms with Crippen LogP contribution in [0.25, 0.3) is 0 Å². The summed E-state index contributed by atoms with van der Waals surface area (Å²) in [5.41, 5.74) is 4.87. The molecule has 0 unspecified atom stereocenters. The van der Waals surface area contributed by atoms with E-state index in [0.717, 1.165) is 25.7 Å². The van der Waals surface area contributed by atoms with Crippen molar-refractivity contribution in [1.29, 1.82) is 0 Å². The van der Waals surface area contributed by atoms with Crippen LogP contribution in [0.1, 0.15) is 39.5 Å². The molecule has 0 heterocycles. The number of amides is 1. The average molecular weight is 228 g/mol. The summed E-state index contributed by atoms with van der Waals surface area (Å²) in [5.74, 6) is -0.245. The van der Waals surface area contributed by atoms with Gasteiger partial charge in [-0.3, -0.25) is 4.79 Å². The third-order valence-corrected chi connectivity index (χ3v) is 3.51. The highest BCUT2D eigenvalue weighted by molar-refractivity contribution is 5.80. The molecular weight excluding hydrogens is 204 g/mol. The van der Waals surface area contributed by atoms with E-state index in [4.69, 9.17) is 10.5 Å². The van der Waals surface area contributed by atoms with Gasteiger partial charge in [0.1, 0.15) is 0 Å². The Morgan fingerprint density at radius 2 is 1.94 bits per heavy atom. The molecule has 4 nitrogen and oxygen atoms in total. The van der Waals surface area contributed by atoms with E-state index in [1.807, 2.05) is 13.8 Å². The van der Waals surface area contributed by atoms with Crippen molar-refractivity contribution in [2.45, 2.75) is 51.7 Å². The molecule has 0 aromatic carbocycles. The molecule has 16 heavy (non-hydrogen) atoms. The van der Waals surface area contributed by atoms with Crippen molar-refractivity contribution in [2.75, 3.05) is 13.7 Å². The lowest BCUT2D eigenvalue weighted by molar-refractivity contribution is -0.125. The first-order chi connectivity index (χ1) is 7.45. The summed E-state index contributed by atoms with van der Waals surface area (Å²) >= 11 is 0. The molecule has 0 atom stereocenters. The molecule has 0 spiro atoms. The zero-order chi connectivity index (χ0) is 12.2. The standard InChI is InChI=1S/C12H24N2O2/c1-12(2,11(13)15)8-14-9-4-6-10(16-3)7-5-9/h9-10,14H,4-8H2,1-3H3,(H2,13,15). The lowest BCUT2D eigenvalue weighted by Gasteiger charge is -2.31. The molecule has 0 saturated heterocycles. The van der Waals surface area contributed by atoms with Gasteiger partial charge in [-0.1, -0.05) is 0 Å². The molecule has 1 amide bonds. The van der Waals surface area contributed by atoms with Gasteiger partial charge in [-0.25, -0.2) is 0 Å². The summed E-state index contributed by atoms with van der Waals surface area (Å²) in [5, 5.41) is 3.43. The van der Waals surface area contributed by atoms with Crippen LogP contribution in [-0.2, 0) is 9.53 Å². The fourth-order valence-electron chi connectivity index (χ4n) is 1.99. The number of rotatable bonds is 5. The number of hydrogen-bond acceptors (Lipinski definition) is 3. The van der Waals surface area contributed by atoms with Gasteiger partial charge in [-0.15, -0.1) is 0 Å². The van der Waals surface area contributed by atoms with Crippen LogP contribution in [0.4, 0.5) is 0 Å². The maximum Gasteiger partial charge on any atom is 0.224 e. The topological polar surface area (TPSA) is 64.3 Å². The highest BCUT2D eigenvalue weighted by Crippen LogP contribution is 2.21. The fourth-order valence-corrected chi connectivity index (χ4v) is 1.99. The second-order valence-electron chi connectivity index (χ2n) is 5.34. The van der Waals surface area contributed by atoms with Crippen molar-refractivity contribution in [3.8, 4) is 0 Å². The first-order valence-electron chi connectivity index (χ1n) is 6.02. The van der Waals surface area contributed by atoms with Crippen LogP contribution in [0, 0.1) is 5.41 Å². The Kier molecular flexibility index (Phi) is 4.74. The molecule has 0 aromatic rings. The summed E-state index contributed by atoms with van der Waals surface area (Å²) in [6.45, 7) is 4.41. The lowest BCUT2D eigenvalue weighted by Crippen LogP contribution is -2.45. The fraction of sp³-hybridized carbons (Fsp3) is 0.917. The van der Waals surface area contributed by atoms with Crippen molar-refractivity contribution in [1.82, 2.24) is 5.32 Å². The monoisotopic (exact) mass is 228 g/mol. The number of nitrogens with two attached hydrogens (primary N) is 1. The predicted molar refractivity (Wildman–Crippen MR) is 64.0 cm³/mol. The first kappa shape index (κ1) is 13.5. The summed E-state index contributed by atoms with van der Waals surface area (Å²) in [4.78, 5) is 11.2. The van der Waals surface area contributed by atoms with E-state index >= 15 is 0 Å². The molecule has 94 valence electrons. The number of hydrogen-bond donors (Lipinski definition) is 2. The molecule has 4 heteroatoms. The maximum atomic E-state index is 11.2. The Labute approximate surface area is 97.9 Å². The van der Waals surface area contributed by atoms with Crippen LogP contribution in [0.2, 0.25) is 0 Å². The van der Waals surface area contributed by atoms with Gasteiger partial charge in [0.25, 0.3) is 0 Å². The highest BCUT2D eigenvalue weighted by atomic mass is 16.5. The van der Waals surface area contributed by atoms with Crippen LogP contribution < -0.4 is 11.1 Å². The van der Waals surface area contributed by atoms with Gasteiger partial charge >= 0.3 is 0 Å². The molecule has 0 bridgehead atoms. The second-order valence-corrected chi connectivity index (χ2v) is 5.34. The molecule has 1 aliphatic rings. The van der Waals surface area contributed by atoms with Crippen molar-refractivity contribution in [3.05, 3.63) is 0 Å². The van der Waals surface area contributed by atoms with Gasteiger partial charge in [-0.05, 0) is 39.5 Å². The molecule has 1 saturated carbocycles. The first-order valence-corrected chi connectivity index (χ1v) is 6.02. The molecule has 0 aliphatic heterocycles. The summed E-state index contributed by atoms with van der Waals surface area (Å²) in [6.07, 6.45) is 4.86. The van der Waals surface area contributed by atoms with E-state index in [9.17, 15) is 4.79 Å². The van der Waals surface area contributed by atoms with Gasteiger partial charge in [0.2, 0.25) is 5.91 Å². The third-order valence-electron chi connectivity index (χ3n) is 3.51. The molecule has 1 fully saturated rings. The van der Waals surface area contributed by atoms with E-state index in [2.05, 4.69) is 5.32 Å². The second kappa shape index (κ2) is 5.64. The molecule has 0 radical (unpaired) electrons. The number of carbonyl (C=O) groups excluding carboxylic acids is 1. The van der Waals surface area contributed by atoms with E-state index in [-0.39, 0.29) is 5.91 Å². The van der Waals surface area contributed by atoms with Gasteiger partial charge in [0.15, 0.2) is 0 Å². The number of carbonyl (C=O) groups is 1. The minimum Gasteiger partial charge on any atom is -0.381 e. The minimum absolute atomic E-state index is 0.245. The maximum absolute atomic E-state index is 11.2. The molecule has 3 N–H and O–H groups in total. The predicted octanol–water partition coefficient (Wildman–Crippen LogP) is 1.05. The quantitative estimate of drug-likeness (QED) is 0.739. The molecule has 1 rings (SSSR count). The van der Waals surface area contributed by atoms with Crippen molar-refractivity contribution in [3.63, 3.8) is 0 Å². The minimum atomic E-state index is -0.460. The smallest absolute Gasteiger partial charge is 0.224 e. The zero-order valence-electron chi connectivity index (χ0n) is 10.6. The van der Waals surface area contributed by atoms with E-state index in [0.29, 0.717) is 18.7 Å². The lowest BCUT2D eigenvalue weighted by atomic mass is 9.89. The third kappa shape index (κ3) is 3.76. The van der Waals surface area contributed by atoms with E-state index in [1.54, 1.807) is 7.11 Å². The van der Waals surface area contributed by atoms with Gasteiger partial charge < -0.3 is 15.8 Å². The van der Waals surface area contributed by atoms with Gasteiger partial charge in [0.05, 0.1) is 11.5 Å². The van der Waals surface area contributed by atoms with Crippen molar-refractivity contribution < 1.29 is 9.53 Å². The number of ether oxygens (including phenoxy) is 1. The Hall–Kier alpha value is -0.610. The average Bonchev–Trinajstić information content (AvgIpc) is 2.27. The molecular formula is C12H24N2O2. The number of primary amides is 1. The summed E-state index contributed by atoms with van der Waals surface area (Å²) in [7, 11) is 1.77. The van der Waals surface area contributed by atoms with Crippen molar-refractivity contribution >= 4 is 5.91 Å². The zero-order valence-corrected chi connectivity index (χ0v) is 10.6. The van der Waals surface area contributed by atoms with E-state index in [1.165, 1.54) is 0 Å². The van der Waals surface area contributed by atoms with Crippen LogP contribution >= 0.6 is 0 Å².